The molecule has 1 aromatic carbocycles. The standard InChI is InChI=1S/C13H13N5S/c14-8-1-2-9-10(7-8)17-18-11(3-4-15-12(9)18)13-16-5-6-19-13/h1-2,5-7,11,15H,3-4,14H2. The second kappa shape index (κ2) is 3.96. The molecule has 19 heavy (non-hydrogen) atoms. The fraction of sp³-hybridized carbons (Fsp3) is 0.231. The second-order valence-electron chi connectivity index (χ2n) is 4.67. The van der Waals surface area contributed by atoms with Gasteiger partial charge in [-0.1, -0.05) is 0 Å². The molecule has 0 aliphatic carbocycles. The van der Waals surface area contributed by atoms with Crippen LogP contribution in [0.5, 0.6) is 0 Å². The van der Waals surface area contributed by atoms with Crippen LogP contribution >= 0.6 is 11.3 Å². The molecule has 0 fully saturated rings. The lowest BCUT2D eigenvalue weighted by Gasteiger charge is -2.24. The fourth-order valence-electron chi connectivity index (χ4n) is 2.60. The van der Waals surface area contributed by atoms with E-state index in [1.807, 2.05) is 34.5 Å². The van der Waals surface area contributed by atoms with E-state index in [0.717, 1.165) is 40.4 Å². The highest BCUT2D eigenvalue weighted by Crippen LogP contribution is 2.35. The number of nitrogen functional groups attached to an aromatic ring is 1. The number of aromatic nitrogens is 3. The Morgan fingerprint density at radius 2 is 2.37 bits per heavy atom. The first-order valence-electron chi connectivity index (χ1n) is 6.24. The summed E-state index contributed by atoms with van der Waals surface area (Å²) in [6.45, 7) is 0.940. The summed E-state index contributed by atoms with van der Waals surface area (Å²) in [6, 6.07) is 6.09. The Labute approximate surface area is 114 Å². The van der Waals surface area contributed by atoms with Crippen molar-refractivity contribution in [1.82, 2.24) is 14.8 Å². The number of nitrogens with zero attached hydrogens (tertiary/aromatic N) is 3. The van der Waals surface area contributed by atoms with Crippen molar-refractivity contribution in [2.24, 2.45) is 0 Å². The zero-order chi connectivity index (χ0) is 12.8. The third-order valence-corrected chi connectivity index (χ3v) is 4.34. The molecular weight excluding hydrogens is 258 g/mol. The van der Waals surface area contributed by atoms with Crippen LogP contribution in [0.4, 0.5) is 11.5 Å². The maximum atomic E-state index is 5.83. The van der Waals surface area contributed by atoms with Gasteiger partial charge in [-0.05, 0) is 24.6 Å². The molecule has 0 bridgehead atoms. The molecule has 0 amide bonds. The molecule has 6 heteroatoms. The van der Waals surface area contributed by atoms with Crippen molar-refractivity contribution < 1.29 is 0 Å². The molecule has 3 N–H and O–H groups in total. The van der Waals surface area contributed by atoms with Crippen LogP contribution in [-0.2, 0) is 0 Å². The number of nitrogens with one attached hydrogen (secondary N) is 1. The summed E-state index contributed by atoms with van der Waals surface area (Å²) in [5, 5.41) is 12.4. The first-order valence-corrected chi connectivity index (χ1v) is 7.12. The summed E-state index contributed by atoms with van der Waals surface area (Å²) in [4.78, 5) is 4.43. The SMILES string of the molecule is Nc1ccc2c3n(nc2c1)C(c1nccs1)CCN3. The predicted molar refractivity (Wildman–Crippen MR) is 77.5 cm³/mol. The van der Waals surface area contributed by atoms with Gasteiger partial charge in [-0.3, -0.25) is 0 Å². The highest BCUT2D eigenvalue weighted by molar-refractivity contribution is 7.09. The van der Waals surface area contributed by atoms with E-state index in [0.29, 0.717) is 0 Å². The lowest BCUT2D eigenvalue weighted by molar-refractivity contribution is 0.484. The van der Waals surface area contributed by atoms with Crippen LogP contribution in [0.2, 0.25) is 0 Å². The molecule has 0 radical (unpaired) electrons. The number of hydrogen-bond acceptors (Lipinski definition) is 5. The molecule has 2 aromatic heterocycles. The zero-order valence-corrected chi connectivity index (χ0v) is 11.0. The Hall–Kier alpha value is -2.08. The Balaban J connectivity index is 1.93. The molecule has 5 nitrogen and oxygen atoms in total. The van der Waals surface area contributed by atoms with Gasteiger partial charge in [0, 0.05) is 29.2 Å². The van der Waals surface area contributed by atoms with Gasteiger partial charge >= 0.3 is 0 Å². The maximum Gasteiger partial charge on any atom is 0.133 e. The third kappa shape index (κ3) is 1.60. The van der Waals surface area contributed by atoms with E-state index in [2.05, 4.69) is 10.3 Å². The van der Waals surface area contributed by atoms with Gasteiger partial charge in [0.2, 0.25) is 0 Å². The number of hydrogen-bond donors (Lipinski definition) is 2. The predicted octanol–water partition coefficient (Wildman–Crippen LogP) is 2.48. The molecule has 1 aliphatic rings. The minimum atomic E-state index is 0.227. The van der Waals surface area contributed by atoms with E-state index >= 15 is 0 Å². The van der Waals surface area contributed by atoms with Gasteiger partial charge in [-0.15, -0.1) is 11.3 Å². The highest BCUT2D eigenvalue weighted by atomic mass is 32.1. The van der Waals surface area contributed by atoms with E-state index in [4.69, 9.17) is 10.8 Å². The van der Waals surface area contributed by atoms with E-state index < -0.39 is 0 Å². The molecular formula is C13H13N5S. The molecule has 0 spiro atoms. The van der Waals surface area contributed by atoms with Crippen LogP contribution in [0.1, 0.15) is 17.5 Å². The Kier molecular flexibility index (Phi) is 2.25. The molecule has 1 unspecified atom stereocenters. The average Bonchev–Trinajstić information content (AvgIpc) is 3.04. The number of anilines is 2. The quantitative estimate of drug-likeness (QED) is 0.667. The lowest BCUT2D eigenvalue weighted by Crippen LogP contribution is -2.24. The summed E-state index contributed by atoms with van der Waals surface area (Å²) in [6.07, 6.45) is 2.85. The van der Waals surface area contributed by atoms with Crippen LogP contribution in [-0.4, -0.2) is 21.3 Å². The lowest BCUT2D eigenvalue weighted by atomic mass is 10.1. The van der Waals surface area contributed by atoms with Crippen molar-refractivity contribution >= 4 is 33.7 Å². The van der Waals surface area contributed by atoms with Crippen LogP contribution in [0.25, 0.3) is 10.9 Å². The minimum Gasteiger partial charge on any atom is -0.399 e. The average molecular weight is 271 g/mol. The summed E-state index contributed by atoms with van der Waals surface area (Å²) < 4.78 is 2.05. The number of benzene rings is 1. The van der Waals surface area contributed by atoms with Crippen molar-refractivity contribution in [2.45, 2.75) is 12.5 Å². The van der Waals surface area contributed by atoms with Crippen LogP contribution in [0.3, 0.4) is 0 Å². The molecule has 3 aromatic rings. The van der Waals surface area contributed by atoms with E-state index in [1.54, 1.807) is 11.3 Å². The Morgan fingerprint density at radius 1 is 1.42 bits per heavy atom. The van der Waals surface area contributed by atoms with Crippen molar-refractivity contribution in [2.75, 3.05) is 17.6 Å². The highest BCUT2D eigenvalue weighted by Gasteiger charge is 2.26. The Morgan fingerprint density at radius 3 is 3.21 bits per heavy atom. The van der Waals surface area contributed by atoms with Crippen molar-refractivity contribution in [1.29, 1.82) is 0 Å². The summed E-state index contributed by atoms with van der Waals surface area (Å²) in [5.41, 5.74) is 7.51. The van der Waals surface area contributed by atoms with Gasteiger partial charge in [0.25, 0.3) is 0 Å². The number of nitrogens with two attached hydrogens (primary N) is 1. The number of thiazole rings is 1. The monoisotopic (exact) mass is 271 g/mol. The third-order valence-electron chi connectivity index (χ3n) is 3.46. The van der Waals surface area contributed by atoms with Crippen molar-refractivity contribution in [3.05, 3.63) is 34.8 Å². The number of fused-ring (bicyclic) bond motifs is 3. The van der Waals surface area contributed by atoms with Crippen molar-refractivity contribution in [3.63, 3.8) is 0 Å². The zero-order valence-electron chi connectivity index (χ0n) is 10.2. The fourth-order valence-corrected chi connectivity index (χ4v) is 3.36. The number of rotatable bonds is 1. The van der Waals surface area contributed by atoms with E-state index in [-0.39, 0.29) is 6.04 Å². The molecule has 4 rings (SSSR count). The summed E-state index contributed by atoms with van der Waals surface area (Å²) in [7, 11) is 0. The van der Waals surface area contributed by atoms with Gasteiger partial charge in [0.1, 0.15) is 16.9 Å². The minimum absolute atomic E-state index is 0.227. The summed E-state index contributed by atoms with van der Waals surface area (Å²) >= 11 is 1.68. The van der Waals surface area contributed by atoms with Gasteiger partial charge < -0.3 is 11.1 Å². The molecule has 0 saturated carbocycles. The van der Waals surface area contributed by atoms with Gasteiger partial charge in [-0.25, -0.2) is 9.67 Å². The Bertz CT molecular complexity index is 731. The molecule has 96 valence electrons. The first kappa shape index (κ1) is 10.8. The smallest absolute Gasteiger partial charge is 0.133 e. The van der Waals surface area contributed by atoms with Crippen molar-refractivity contribution in [3.8, 4) is 0 Å². The topological polar surface area (TPSA) is 68.8 Å². The van der Waals surface area contributed by atoms with Gasteiger partial charge in [0.05, 0.1) is 5.52 Å². The maximum absolute atomic E-state index is 5.83. The molecule has 1 atom stereocenters. The van der Waals surface area contributed by atoms with E-state index in [1.165, 1.54) is 0 Å². The molecule has 3 heterocycles. The van der Waals surface area contributed by atoms with Crippen LogP contribution in [0.15, 0.2) is 29.8 Å². The summed E-state index contributed by atoms with van der Waals surface area (Å²) in [5.74, 6) is 1.07. The molecule has 0 saturated heterocycles. The van der Waals surface area contributed by atoms with Gasteiger partial charge in [-0.2, -0.15) is 5.10 Å². The first-order chi connectivity index (χ1) is 9.33. The second-order valence-corrected chi connectivity index (χ2v) is 5.60. The largest absolute Gasteiger partial charge is 0.399 e. The molecule has 1 aliphatic heterocycles. The van der Waals surface area contributed by atoms with E-state index in [9.17, 15) is 0 Å². The van der Waals surface area contributed by atoms with Gasteiger partial charge in [0.15, 0.2) is 0 Å². The normalized spacial score (nSPS) is 18.2. The van der Waals surface area contributed by atoms with Crippen LogP contribution in [0, 0.1) is 0 Å². The van der Waals surface area contributed by atoms with Crippen LogP contribution < -0.4 is 11.1 Å².